The Labute approximate surface area is 247 Å². The average molecular weight is 615 g/mol. The van der Waals surface area contributed by atoms with Crippen LogP contribution >= 0.6 is 0 Å². The van der Waals surface area contributed by atoms with Gasteiger partial charge >= 0.3 is 35.9 Å². The number of esters is 5. The maximum Gasteiger partial charge on any atom is 0.408 e. The summed E-state index contributed by atoms with van der Waals surface area (Å²) in [6.45, 7) is 9.11. The van der Waals surface area contributed by atoms with Gasteiger partial charge in [0, 0.05) is 27.7 Å². The minimum atomic E-state index is -1.39. The number of aryl methyl sites for hydroxylation is 1. The van der Waals surface area contributed by atoms with Gasteiger partial charge in [-0.1, -0.05) is 5.21 Å². The maximum absolute atomic E-state index is 12.3. The summed E-state index contributed by atoms with van der Waals surface area (Å²) in [4.78, 5) is 72.1. The Morgan fingerprint density at radius 1 is 0.930 bits per heavy atom. The molecular formula is C26H38N4O13. The highest BCUT2D eigenvalue weighted by Gasteiger charge is 2.53. The number of rotatable bonds is 11. The van der Waals surface area contributed by atoms with E-state index in [1.165, 1.54) is 18.0 Å². The molecule has 2 rings (SSSR count). The fraction of sp³-hybridized carbons (Fsp3) is 0.692. The van der Waals surface area contributed by atoms with Crippen LogP contribution in [-0.2, 0) is 63.6 Å². The van der Waals surface area contributed by atoms with Gasteiger partial charge in [-0.15, -0.1) is 5.10 Å². The van der Waals surface area contributed by atoms with Crippen molar-refractivity contribution >= 4 is 35.9 Å². The van der Waals surface area contributed by atoms with Crippen molar-refractivity contribution in [3.8, 4) is 0 Å². The molecule has 6 atom stereocenters. The van der Waals surface area contributed by atoms with Crippen LogP contribution in [0.2, 0.25) is 0 Å². The highest BCUT2D eigenvalue weighted by atomic mass is 16.7. The van der Waals surface area contributed by atoms with Gasteiger partial charge in [-0.05, 0) is 33.6 Å². The molecular weight excluding hydrogens is 576 g/mol. The molecule has 240 valence electrons. The van der Waals surface area contributed by atoms with E-state index in [9.17, 15) is 28.8 Å². The summed E-state index contributed by atoms with van der Waals surface area (Å²) < 4.78 is 38.5. The predicted octanol–water partition coefficient (Wildman–Crippen LogP) is 0.533. The molecule has 0 unspecified atom stereocenters. The first-order valence-corrected chi connectivity index (χ1v) is 13.3. The van der Waals surface area contributed by atoms with Crippen LogP contribution in [0.4, 0.5) is 4.79 Å². The summed E-state index contributed by atoms with van der Waals surface area (Å²) in [5.41, 5.74) is -0.467. The zero-order valence-corrected chi connectivity index (χ0v) is 25.3. The van der Waals surface area contributed by atoms with E-state index in [-0.39, 0.29) is 12.8 Å². The first-order valence-electron chi connectivity index (χ1n) is 13.3. The third-order valence-electron chi connectivity index (χ3n) is 5.65. The molecule has 0 radical (unpaired) electrons. The average Bonchev–Trinajstić information content (AvgIpc) is 3.34. The Balaban J connectivity index is 2.37. The number of aromatic nitrogens is 3. The molecule has 0 bridgehead atoms. The summed E-state index contributed by atoms with van der Waals surface area (Å²) in [6.07, 6.45) is -5.81. The molecule has 1 aromatic heterocycles. The fourth-order valence-electron chi connectivity index (χ4n) is 4.10. The van der Waals surface area contributed by atoms with E-state index >= 15 is 0 Å². The van der Waals surface area contributed by atoms with Crippen LogP contribution in [0.1, 0.15) is 66.8 Å². The molecule has 43 heavy (non-hydrogen) atoms. The molecule has 1 amide bonds. The van der Waals surface area contributed by atoms with E-state index < -0.39 is 84.8 Å². The lowest BCUT2D eigenvalue weighted by Gasteiger charge is -2.44. The zero-order valence-electron chi connectivity index (χ0n) is 25.3. The summed E-state index contributed by atoms with van der Waals surface area (Å²) in [7, 11) is 1.17. The zero-order chi connectivity index (χ0) is 32.5. The van der Waals surface area contributed by atoms with Crippen molar-refractivity contribution in [1.82, 2.24) is 20.3 Å². The van der Waals surface area contributed by atoms with Crippen LogP contribution in [0.3, 0.4) is 0 Å². The minimum Gasteiger partial charge on any atom is -0.467 e. The molecule has 1 aromatic rings. The van der Waals surface area contributed by atoms with Gasteiger partial charge in [0.2, 0.25) is 0 Å². The topological polar surface area (TPSA) is 210 Å². The Bertz CT molecular complexity index is 1180. The minimum absolute atomic E-state index is 0.0448. The SMILES string of the molecule is COC(=O)[C@H](CCc1cn([C@@H]2O[C@H](COC(C)=O)[C@@H](OC(C)=O)[C@H](OC(C)=O)[C@H]2OC(C)=O)nn1)NC(=O)OC(C)(C)C. The molecule has 1 saturated heterocycles. The second kappa shape index (κ2) is 15.3. The lowest BCUT2D eigenvalue weighted by molar-refractivity contribution is -0.270. The van der Waals surface area contributed by atoms with Crippen molar-refractivity contribution in [2.75, 3.05) is 13.7 Å². The number of nitrogens with one attached hydrogen (secondary N) is 1. The third kappa shape index (κ3) is 11.1. The van der Waals surface area contributed by atoms with Gasteiger partial charge in [-0.3, -0.25) is 19.2 Å². The molecule has 1 aliphatic rings. The van der Waals surface area contributed by atoms with Crippen LogP contribution < -0.4 is 5.32 Å². The van der Waals surface area contributed by atoms with Crippen LogP contribution in [0.5, 0.6) is 0 Å². The number of ether oxygens (including phenoxy) is 7. The van der Waals surface area contributed by atoms with Gasteiger partial charge in [-0.25, -0.2) is 14.3 Å². The Morgan fingerprint density at radius 3 is 2.05 bits per heavy atom. The molecule has 0 saturated carbocycles. The number of amides is 1. The van der Waals surface area contributed by atoms with Crippen molar-refractivity contribution in [3.63, 3.8) is 0 Å². The Hall–Kier alpha value is -4.28. The normalized spacial score (nSPS) is 22.4. The molecule has 2 heterocycles. The van der Waals surface area contributed by atoms with Gasteiger partial charge in [0.1, 0.15) is 24.4 Å². The van der Waals surface area contributed by atoms with E-state index in [1.54, 1.807) is 20.8 Å². The maximum atomic E-state index is 12.3. The number of hydrogen-bond donors (Lipinski definition) is 1. The van der Waals surface area contributed by atoms with Crippen LogP contribution in [0, 0.1) is 0 Å². The molecule has 17 nitrogen and oxygen atoms in total. The fourth-order valence-corrected chi connectivity index (χ4v) is 4.10. The quantitative estimate of drug-likeness (QED) is 0.266. The van der Waals surface area contributed by atoms with E-state index in [1.807, 2.05) is 0 Å². The monoisotopic (exact) mass is 614 g/mol. The number of methoxy groups -OCH3 is 1. The van der Waals surface area contributed by atoms with Crippen LogP contribution in [-0.4, -0.2) is 101 Å². The van der Waals surface area contributed by atoms with Gasteiger partial charge in [0.25, 0.3) is 0 Å². The van der Waals surface area contributed by atoms with Gasteiger partial charge in [0.15, 0.2) is 24.5 Å². The van der Waals surface area contributed by atoms with Crippen LogP contribution in [0.25, 0.3) is 0 Å². The summed E-state index contributed by atoms with van der Waals surface area (Å²) in [5.74, 6) is -3.68. The highest BCUT2D eigenvalue weighted by molar-refractivity contribution is 5.81. The van der Waals surface area contributed by atoms with Crippen molar-refractivity contribution in [2.45, 2.75) is 104 Å². The Kier molecular flexibility index (Phi) is 12.4. The lowest BCUT2D eigenvalue weighted by atomic mass is 9.97. The number of nitrogens with zero attached hydrogens (tertiary/aromatic N) is 3. The van der Waals surface area contributed by atoms with Gasteiger partial charge in [-0.2, -0.15) is 0 Å². The van der Waals surface area contributed by atoms with Crippen molar-refractivity contribution in [1.29, 1.82) is 0 Å². The highest BCUT2D eigenvalue weighted by Crippen LogP contribution is 2.34. The molecule has 1 fully saturated rings. The number of carbonyl (C=O) groups is 6. The summed E-state index contributed by atoms with van der Waals surface area (Å²) in [6, 6.07) is -1.07. The predicted molar refractivity (Wildman–Crippen MR) is 141 cm³/mol. The standard InChI is InChI=1S/C26H38N4O13/c1-13(31)38-12-19-20(39-14(2)32)21(40-15(3)33)22(41-16(4)34)23(42-19)30-11-17(28-29-30)9-10-18(24(35)37-8)27-25(36)43-26(5,6)7/h11,18-23H,9-10,12H2,1-8H3,(H,27,36)/t18-,19+,20+,21-,22+,23+/m0/s1. The van der Waals surface area contributed by atoms with Crippen molar-refractivity contribution < 1.29 is 61.9 Å². The molecule has 1 aliphatic heterocycles. The number of carbonyl (C=O) groups excluding carboxylic acids is 6. The van der Waals surface area contributed by atoms with Gasteiger partial charge in [0.05, 0.1) is 19.0 Å². The Morgan fingerprint density at radius 2 is 1.51 bits per heavy atom. The summed E-state index contributed by atoms with van der Waals surface area (Å²) in [5, 5.41) is 10.6. The second-order valence-corrected chi connectivity index (χ2v) is 10.5. The second-order valence-electron chi connectivity index (χ2n) is 10.5. The van der Waals surface area contributed by atoms with E-state index in [2.05, 4.69) is 15.6 Å². The smallest absolute Gasteiger partial charge is 0.408 e. The van der Waals surface area contributed by atoms with Crippen molar-refractivity contribution in [3.05, 3.63) is 11.9 Å². The molecule has 17 heteroatoms. The first kappa shape index (κ1) is 34.9. The van der Waals surface area contributed by atoms with E-state index in [0.717, 1.165) is 27.7 Å². The van der Waals surface area contributed by atoms with E-state index in [4.69, 9.17) is 33.2 Å². The number of alkyl carbamates (subject to hydrolysis) is 1. The molecule has 0 aliphatic carbocycles. The van der Waals surface area contributed by atoms with Crippen LogP contribution in [0.15, 0.2) is 6.20 Å². The number of hydrogen-bond acceptors (Lipinski definition) is 15. The molecule has 1 N–H and O–H groups in total. The van der Waals surface area contributed by atoms with E-state index in [0.29, 0.717) is 5.69 Å². The summed E-state index contributed by atoms with van der Waals surface area (Å²) >= 11 is 0. The van der Waals surface area contributed by atoms with Gasteiger partial charge < -0.3 is 38.5 Å². The lowest BCUT2D eigenvalue weighted by Crippen LogP contribution is -2.60. The third-order valence-corrected chi connectivity index (χ3v) is 5.65. The first-order chi connectivity index (χ1) is 20.0. The molecule has 0 spiro atoms. The molecule has 0 aromatic carbocycles. The largest absolute Gasteiger partial charge is 0.467 e. The van der Waals surface area contributed by atoms with Crippen molar-refractivity contribution in [2.24, 2.45) is 0 Å².